The first kappa shape index (κ1) is 13.0. The van der Waals surface area contributed by atoms with Crippen LogP contribution in [-0.4, -0.2) is 24.4 Å². The molecular formula is C11H17ClO2S. The highest BCUT2D eigenvalue weighted by Crippen LogP contribution is 2.22. The number of hydrogen-bond acceptors (Lipinski definition) is 3. The lowest BCUT2D eigenvalue weighted by Gasteiger charge is -2.09. The van der Waals surface area contributed by atoms with Gasteiger partial charge in [-0.3, -0.25) is 0 Å². The lowest BCUT2D eigenvalue weighted by molar-refractivity contribution is 0.0827. The summed E-state index contributed by atoms with van der Waals surface area (Å²) in [5.74, 6) is 0. The predicted molar refractivity (Wildman–Crippen MR) is 64.8 cm³/mol. The van der Waals surface area contributed by atoms with E-state index in [1.54, 1.807) is 0 Å². The highest BCUT2D eigenvalue weighted by atomic mass is 35.5. The Morgan fingerprint density at radius 1 is 1.47 bits per heavy atom. The van der Waals surface area contributed by atoms with Gasteiger partial charge in [-0.1, -0.05) is 18.5 Å². The van der Waals surface area contributed by atoms with Crippen molar-refractivity contribution in [3.05, 3.63) is 21.3 Å². The van der Waals surface area contributed by atoms with Gasteiger partial charge < -0.3 is 9.84 Å². The molecule has 2 nitrogen and oxygen atoms in total. The van der Waals surface area contributed by atoms with Crippen molar-refractivity contribution >= 4 is 22.9 Å². The van der Waals surface area contributed by atoms with Crippen LogP contribution < -0.4 is 0 Å². The summed E-state index contributed by atoms with van der Waals surface area (Å²) < 4.78 is 6.09. The zero-order valence-corrected chi connectivity index (χ0v) is 10.5. The second-order valence-electron chi connectivity index (χ2n) is 3.46. The molecule has 0 bridgehead atoms. The summed E-state index contributed by atoms with van der Waals surface area (Å²) >= 11 is 7.33. The SMILES string of the molecule is CCCOCCC(O)Cc1ccc(Cl)s1. The van der Waals surface area contributed by atoms with Crippen LogP contribution in [0.2, 0.25) is 4.34 Å². The van der Waals surface area contributed by atoms with E-state index in [0.29, 0.717) is 19.4 Å². The molecule has 1 aromatic rings. The standard InChI is InChI=1S/C11H17ClO2S/c1-2-6-14-7-5-9(13)8-10-3-4-11(12)15-10/h3-4,9,13H,2,5-8H2,1H3. The van der Waals surface area contributed by atoms with Gasteiger partial charge in [0.2, 0.25) is 0 Å². The molecule has 1 N–H and O–H groups in total. The number of thiophene rings is 1. The molecule has 1 rings (SSSR count). The van der Waals surface area contributed by atoms with Crippen molar-refractivity contribution < 1.29 is 9.84 Å². The van der Waals surface area contributed by atoms with Gasteiger partial charge in [-0.05, 0) is 25.0 Å². The van der Waals surface area contributed by atoms with E-state index in [1.807, 2.05) is 12.1 Å². The molecule has 0 saturated carbocycles. The maximum Gasteiger partial charge on any atom is 0.0931 e. The van der Waals surface area contributed by atoms with E-state index in [9.17, 15) is 5.11 Å². The summed E-state index contributed by atoms with van der Waals surface area (Å²) in [5.41, 5.74) is 0. The lowest BCUT2D eigenvalue weighted by Crippen LogP contribution is -2.13. The summed E-state index contributed by atoms with van der Waals surface area (Å²) in [5, 5.41) is 9.69. The molecule has 86 valence electrons. The molecule has 0 aliphatic rings. The van der Waals surface area contributed by atoms with Crippen molar-refractivity contribution in [1.29, 1.82) is 0 Å². The van der Waals surface area contributed by atoms with Crippen LogP contribution in [0.4, 0.5) is 0 Å². The Kier molecular flexibility index (Phi) is 6.25. The molecule has 0 amide bonds. The molecule has 4 heteroatoms. The summed E-state index contributed by atoms with van der Waals surface area (Å²) in [7, 11) is 0. The van der Waals surface area contributed by atoms with E-state index in [2.05, 4.69) is 6.92 Å². The zero-order chi connectivity index (χ0) is 11.1. The minimum absolute atomic E-state index is 0.323. The molecular weight excluding hydrogens is 232 g/mol. The third-order valence-electron chi connectivity index (χ3n) is 2.01. The van der Waals surface area contributed by atoms with Gasteiger partial charge in [-0.15, -0.1) is 11.3 Å². The summed E-state index contributed by atoms with van der Waals surface area (Å²) in [4.78, 5) is 1.13. The van der Waals surface area contributed by atoms with Crippen LogP contribution in [0.15, 0.2) is 12.1 Å². The second kappa shape index (κ2) is 7.23. The number of aliphatic hydroxyl groups is 1. The summed E-state index contributed by atoms with van der Waals surface area (Å²) in [6.45, 7) is 3.48. The van der Waals surface area contributed by atoms with Gasteiger partial charge in [-0.2, -0.15) is 0 Å². The van der Waals surface area contributed by atoms with Crippen molar-refractivity contribution in [2.75, 3.05) is 13.2 Å². The number of rotatable bonds is 7. The van der Waals surface area contributed by atoms with E-state index in [0.717, 1.165) is 22.2 Å². The highest BCUT2D eigenvalue weighted by molar-refractivity contribution is 7.16. The Hall–Kier alpha value is -0.0900. The van der Waals surface area contributed by atoms with Crippen LogP contribution >= 0.6 is 22.9 Å². The van der Waals surface area contributed by atoms with Gasteiger partial charge in [0, 0.05) is 24.5 Å². The van der Waals surface area contributed by atoms with E-state index >= 15 is 0 Å². The first-order valence-electron chi connectivity index (χ1n) is 5.22. The number of halogens is 1. The fourth-order valence-electron chi connectivity index (χ4n) is 1.26. The Morgan fingerprint density at radius 2 is 2.27 bits per heavy atom. The van der Waals surface area contributed by atoms with Crippen molar-refractivity contribution in [2.24, 2.45) is 0 Å². The van der Waals surface area contributed by atoms with Crippen LogP contribution in [-0.2, 0) is 11.2 Å². The fraction of sp³-hybridized carbons (Fsp3) is 0.636. The van der Waals surface area contributed by atoms with Crippen LogP contribution in [0.3, 0.4) is 0 Å². The molecule has 0 aliphatic carbocycles. The van der Waals surface area contributed by atoms with Crippen molar-refractivity contribution in [3.8, 4) is 0 Å². The number of aliphatic hydroxyl groups excluding tert-OH is 1. The molecule has 1 aromatic heterocycles. The van der Waals surface area contributed by atoms with Gasteiger partial charge in [0.1, 0.15) is 0 Å². The van der Waals surface area contributed by atoms with Crippen LogP contribution in [0, 0.1) is 0 Å². The van der Waals surface area contributed by atoms with Crippen molar-refractivity contribution in [2.45, 2.75) is 32.3 Å². The molecule has 0 fully saturated rings. The molecule has 0 radical (unpaired) electrons. The molecule has 0 aromatic carbocycles. The first-order valence-corrected chi connectivity index (χ1v) is 6.42. The predicted octanol–water partition coefficient (Wildman–Crippen LogP) is 3.12. The largest absolute Gasteiger partial charge is 0.393 e. The minimum atomic E-state index is -0.323. The number of hydrogen-bond donors (Lipinski definition) is 1. The van der Waals surface area contributed by atoms with Crippen LogP contribution in [0.1, 0.15) is 24.6 Å². The van der Waals surface area contributed by atoms with E-state index in [4.69, 9.17) is 16.3 Å². The molecule has 15 heavy (non-hydrogen) atoms. The smallest absolute Gasteiger partial charge is 0.0931 e. The third kappa shape index (κ3) is 5.52. The summed E-state index contributed by atoms with van der Waals surface area (Å²) in [6.07, 6.45) is 2.07. The van der Waals surface area contributed by atoms with Crippen molar-refractivity contribution in [3.63, 3.8) is 0 Å². The van der Waals surface area contributed by atoms with Gasteiger partial charge >= 0.3 is 0 Å². The van der Waals surface area contributed by atoms with Crippen LogP contribution in [0.25, 0.3) is 0 Å². The topological polar surface area (TPSA) is 29.5 Å². The maximum absolute atomic E-state index is 9.69. The highest BCUT2D eigenvalue weighted by Gasteiger charge is 2.07. The Bertz CT molecular complexity index is 275. The lowest BCUT2D eigenvalue weighted by atomic mass is 10.2. The van der Waals surface area contributed by atoms with Gasteiger partial charge in [0.05, 0.1) is 10.4 Å². The minimum Gasteiger partial charge on any atom is -0.393 e. The summed E-state index contributed by atoms with van der Waals surface area (Å²) in [6, 6.07) is 3.82. The second-order valence-corrected chi connectivity index (χ2v) is 5.26. The van der Waals surface area contributed by atoms with Crippen molar-refractivity contribution in [1.82, 2.24) is 0 Å². The Morgan fingerprint density at radius 3 is 2.87 bits per heavy atom. The molecule has 0 spiro atoms. The van der Waals surface area contributed by atoms with Gasteiger partial charge in [0.15, 0.2) is 0 Å². The van der Waals surface area contributed by atoms with Gasteiger partial charge in [0.25, 0.3) is 0 Å². The first-order chi connectivity index (χ1) is 7.22. The normalized spacial score (nSPS) is 13.0. The molecule has 1 heterocycles. The fourth-order valence-corrected chi connectivity index (χ4v) is 2.42. The van der Waals surface area contributed by atoms with E-state index < -0.39 is 0 Å². The molecule has 0 aliphatic heterocycles. The average molecular weight is 249 g/mol. The zero-order valence-electron chi connectivity index (χ0n) is 8.91. The average Bonchev–Trinajstić information content (AvgIpc) is 2.59. The van der Waals surface area contributed by atoms with Gasteiger partial charge in [-0.25, -0.2) is 0 Å². The number of ether oxygens (including phenoxy) is 1. The van der Waals surface area contributed by atoms with Crippen LogP contribution in [0.5, 0.6) is 0 Å². The molecule has 0 saturated heterocycles. The Labute approximate surface area is 99.8 Å². The quantitative estimate of drug-likeness (QED) is 0.752. The third-order valence-corrected chi connectivity index (χ3v) is 3.26. The molecule has 1 atom stereocenters. The monoisotopic (exact) mass is 248 g/mol. The van der Waals surface area contributed by atoms with E-state index in [-0.39, 0.29) is 6.10 Å². The van der Waals surface area contributed by atoms with E-state index in [1.165, 1.54) is 11.3 Å². The Balaban J connectivity index is 2.15. The maximum atomic E-state index is 9.69. The molecule has 1 unspecified atom stereocenters.